The Morgan fingerprint density at radius 3 is 2.63 bits per heavy atom. The minimum absolute atomic E-state index is 0.0718. The number of carbonyl (C=O) groups excluding carboxylic acids is 1. The van der Waals surface area contributed by atoms with Crippen LogP contribution < -0.4 is 5.32 Å². The molecule has 0 atom stereocenters. The van der Waals surface area contributed by atoms with Crippen LogP contribution in [0.2, 0.25) is 5.02 Å². The minimum atomic E-state index is -0.571. The van der Waals surface area contributed by atoms with Crippen LogP contribution in [0.1, 0.15) is 11.3 Å². The normalized spacial score (nSPS) is 11.1. The molecule has 27 heavy (non-hydrogen) atoms. The Hall–Kier alpha value is -3.36. The fourth-order valence-corrected chi connectivity index (χ4v) is 2.68. The topological polar surface area (TPSA) is 57.8 Å². The van der Waals surface area contributed by atoms with E-state index in [-0.39, 0.29) is 5.57 Å². The van der Waals surface area contributed by atoms with E-state index in [0.717, 1.165) is 11.3 Å². The van der Waals surface area contributed by atoms with Gasteiger partial charge in [-0.25, -0.2) is 4.39 Å². The van der Waals surface area contributed by atoms with Crippen molar-refractivity contribution in [3.63, 3.8) is 0 Å². The van der Waals surface area contributed by atoms with E-state index < -0.39 is 11.7 Å². The van der Waals surface area contributed by atoms with Crippen LogP contribution in [0.4, 0.5) is 10.1 Å². The van der Waals surface area contributed by atoms with Gasteiger partial charge in [0, 0.05) is 28.3 Å². The third-order valence-electron chi connectivity index (χ3n) is 3.97. The summed E-state index contributed by atoms with van der Waals surface area (Å²) in [6.07, 6.45) is 3.31. The zero-order valence-electron chi connectivity index (χ0n) is 14.4. The number of rotatable bonds is 4. The molecule has 1 heterocycles. The van der Waals surface area contributed by atoms with Crippen molar-refractivity contribution in [3.8, 4) is 11.8 Å². The average molecular weight is 380 g/mol. The van der Waals surface area contributed by atoms with E-state index in [0.29, 0.717) is 16.4 Å². The lowest BCUT2D eigenvalue weighted by Crippen LogP contribution is -2.13. The molecule has 0 bridgehead atoms. The molecule has 0 unspecified atom stereocenters. The van der Waals surface area contributed by atoms with Crippen LogP contribution in [0.25, 0.3) is 11.8 Å². The molecule has 0 aliphatic heterocycles. The molecule has 0 radical (unpaired) electrons. The highest BCUT2D eigenvalue weighted by atomic mass is 35.5. The summed E-state index contributed by atoms with van der Waals surface area (Å²) in [5.74, 6) is -0.975. The summed E-state index contributed by atoms with van der Waals surface area (Å²) >= 11 is 6.20. The molecule has 6 heteroatoms. The van der Waals surface area contributed by atoms with E-state index in [1.54, 1.807) is 6.07 Å². The van der Waals surface area contributed by atoms with Crippen molar-refractivity contribution in [2.45, 2.75) is 6.92 Å². The molecule has 1 amide bonds. The maximum absolute atomic E-state index is 13.0. The summed E-state index contributed by atoms with van der Waals surface area (Å²) in [7, 11) is 0. The Labute approximate surface area is 161 Å². The molecule has 0 aliphatic rings. The van der Waals surface area contributed by atoms with Crippen molar-refractivity contribution in [1.29, 1.82) is 5.26 Å². The Morgan fingerprint density at radius 1 is 1.22 bits per heavy atom. The molecule has 4 nitrogen and oxygen atoms in total. The van der Waals surface area contributed by atoms with Crippen LogP contribution in [-0.4, -0.2) is 10.5 Å². The molecule has 134 valence electrons. The summed E-state index contributed by atoms with van der Waals surface area (Å²) in [6, 6.07) is 16.5. The summed E-state index contributed by atoms with van der Waals surface area (Å²) in [6.45, 7) is 1.91. The number of anilines is 1. The molecule has 2 aromatic carbocycles. The molecule has 0 saturated carbocycles. The first-order chi connectivity index (χ1) is 13.0. The zero-order chi connectivity index (χ0) is 19.4. The fraction of sp³-hybridized carbons (Fsp3) is 0.0476. The summed E-state index contributed by atoms with van der Waals surface area (Å²) < 4.78 is 14.8. The number of hydrogen-bond acceptors (Lipinski definition) is 2. The summed E-state index contributed by atoms with van der Waals surface area (Å²) in [5.41, 5.74) is 2.76. The van der Waals surface area contributed by atoms with Gasteiger partial charge in [0.15, 0.2) is 0 Å². The molecule has 0 fully saturated rings. The predicted octanol–water partition coefficient (Wildman–Crippen LogP) is 5.12. The van der Waals surface area contributed by atoms with Crippen LogP contribution in [-0.2, 0) is 4.79 Å². The van der Waals surface area contributed by atoms with Gasteiger partial charge in [-0.15, -0.1) is 0 Å². The van der Waals surface area contributed by atoms with E-state index in [9.17, 15) is 14.4 Å². The van der Waals surface area contributed by atoms with Gasteiger partial charge in [-0.2, -0.15) is 5.26 Å². The van der Waals surface area contributed by atoms with Gasteiger partial charge in [-0.05, 0) is 67.1 Å². The number of halogens is 2. The molecule has 1 aromatic heterocycles. The second-order valence-electron chi connectivity index (χ2n) is 5.87. The maximum atomic E-state index is 13.0. The standard InChI is InChI=1S/C21H15ClFN3O/c1-14-4-9-19(12-20(14)22)26-10-2-3-18(26)11-15(13-24)21(27)25-17-7-5-16(23)6-8-17/h2-12H,1H3,(H,25,27)/b15-11-. The molecule has 3 rings (SSSR count). The SMILES string of the molecule is Cc1ccc(-n2cccc2/C=C(/C#N)C(=O)Nc2ccc(F)cc2)cc1Cl. The monoisotopic (exact) mass is 379 g/mol. The van der Waals surface area contributed by atoms with E-state index >= 15 is 0 Å². The largest absolute Gasteiger partial charge is 0.321 e. The highest BCUT2D eigenvalue weighted by Crippen LogP contribution is 2.22. The number of carbonyl (C=O) groups is 1. The summed E-state index contributed by atoms with van der Waals surface area (Å²) in [5, 5.41) is 12.6. The third-order valence-corrected chi connectivity index (χ3v) is 4.38. The van der Waals surface area contributed by atoms with E-state index in [1.807, 2.05) is 48.0 Å². The fourth-order valence-electron chi connectivity index (χ4n) is 2.51. The molecule has 0 saturated heterocycles. The third kappa shape index (κ3) is 4.25. The number of nitrogens with one attached hydrogen (secondary N) is 1. The van der Waals surface area contributed by atoms with E-state index in [2.05, 4.69) is 5.32 Å². The lowest BCUT2D eigenvalue weighted by molar-refractivity contribution is -0.112. The predicted molar refractivity (Wildman–Crippen MR) is 104 cm³/mol. The molecule has 0 aliphatic carbocycles. The van der Waals surface area contributed by atoms with Gasteiger partial charge in [-0.3, -0.25) is 4.79 Å². The number of aryl methyl sites for hydroxylation is 1. The average Bonchev–Trinajstić information content (AvgIpc) is 3.12. The highest BCUT2D eigenvalue weighted by molar-refractivity contribution is 6.31. The number of nitriles is 1. The highest BCUT2D eigenvalue weighted by Gasteiger charge is 2.12. The first kappa shape index (κ1) is 18.4. The van der Waals surface area contributed by atoms with Crippen LogP contribution in [0.3, 0.4) is 0 Å². The van der Waals surface area contributed by atoms with E-state index in [4.69, 9.17) is 11.6 Å². The van der Waals surface area contributed by atoms with Gasteiger partial charge in [-0.1, -0.05) is 17.7 Å². The van der Waals surface area contributed by atoms with Crippen molar-refractivity contribution >= 4 is 29.3 Å². The molecular formula is C21H15ClFN3O. The smallest absolute Gasteiger partial charge is 0.266 e. The van der Waals surface area contributed by atoms with Crippen molar-refractivity contribution in [3.05, 3.63) is 88.5 Å². The van der Waals surface area contributed by atoms with Crippen molar-refractivity contribution in [2.75, 3.05) is 5.32 Å². The van der Waals surface area contributed by atoms with Gasteiger partial charge < -0.3 is 9.88 Å². The number of aromatic nitrogens is 1. The van der Waals surface area contributed by atoms with Crippen molar-refractivity contribution in [2.24, 2.45) is 0 Å². The van der Waals surface area contributed by atoms with Gasteiger partial charge in [0.2, 0.25) is 0 Å². The van der Waals surface area contributed by atoms with Crippen LogP contribution in [0.15, 0.2) is 66.4 Å². The van der Waals surface area contributed by atoms with Gasteiger partial charge in [0.1, 0.15) is 17.5 Å². The molecular weight excluding hydrogens is 365 g/mol. The first-order valence-corrected chi connectivity index (χ1v) is 8.48. The van der Waals surface area contributed by atoms with Crippen LogP contribution in [0, 0.1) is 24.1 Å². The molecule has 0 spiro atoms. The quantitative estimate of drug-likeness (QED) is 0.505. The Bertz CT molecular complexity index is 1060. The van der Waals surface area contributed by atoms with Crippen LogP contribution in [0.5, 0.6) is 0 Å². The van der Waals surface area contributed by atoms with Gasteiger partial charge >= 0.3 is 0 Å². The first-order valence-electron chi connectivity index (χ1n) is 8.10. The van der Waals surface area contributed by atoms with Crippen molar-refractivity contribution < 1.29 is 9.18 Å². The number of nitrogens with zero attached hydrogens (tertiary/aromatic N) is 2. The number of hydrogen-bond donors (Lipinski definition) is 1. The lowest BCUT2D eigenvalue weighted by Gasteiger charge is -2.09. The maximum Gasteiger partial charge on any atom is 0.266 e. The second kappa shape index (κ2) is 7.90. The number of benzene rings is 2. The lowest BCUT2D eigenvalue weighted by atomic mass is 10.2. The Kier molecular flexibility index (Phi) is 5.39. The Morgan fingerprint density at radius 2 is 1.96 bits per heavy atom. The Balaban J connectivity index is 1.89. The minimum Gasteiger partial charge on any atom is -0.321 e. The molecule has 1 N–H and O–H groups in total. The van der Waals surface area contributed by atoms with E-state index in [1.165, 1.54) is 30.3 Å². The van der Waals surface area contributed by atoms with Gasteiger partial charge in [0.05, 0.1) is 0 Å². The zero-order valence-corrected chi connectivity index (χ0v) is 15.2. The van der Waals surface area contributed by atoms with Crippen LogP contribution >= 0.6 is 11.6 Å². The summed E-state index contributed by atoms with van der Waals surface area (Å²) in [4.78, 5) is 12.4. The van der Waals surface area contributed by atoms with Gasteiger partial charge in [0.25, 0.3) is 5.91 Å². The van der Waals surface area contributed by atoms with Crippen molar-refractivity contribution in [1.82, 2.24) is 4.57 Å². The second-order valence-corrected chi connectivity index (χ2v) is 6.27. The molecule has 3 aromatic rings. The number of amides is 1.